The lowest BCUT2D eigenvalue weighted by Gasteiger charge is -2.12. The van der Waals surface area contributed by atoms with Crippen molar-refractivity contribution in [3.8, 4) is 11.5 Å². The maximum absolute atomic E-state index is 11.6. The number of carbonyl (C=O) groups is 1. The Labute approximate surface area is 155 Å². The average Bonchev–Trinajstić information content (AvgIpc) is 2.54. The molecular formula is C19H15ClO5S. The number of benzene rings is 3. The van der Waals surface area contributed by atoms with Crippen LogP contribution in [0.2, 0.25) is 5.02 Å². The summed E-state index contributed by atoms with van der Waals surface area (Å²) in [5, 5.41) is 11.1. The zero-order valence-electron chi connectivity index (χ0n) is 13.8. The number of halogens is 1. The molecule has 0 aliphatic rings. The Balaban J connectivity index is 2.04. The summed E-state index contributed by atoms with van der Waals surface area (Å²) in [5.74, 6) is -0.0544. The van der Waals surface area contributed by atoms with Crippen molar-refractivity contribution in [2.24, 2.45) is 0 Å². The van der Waals surface area contributed by atoms with Gasteiger partial charge in [0.15, 0.2) is 9.84 Å². The van der Waals surface area contributed by atoms with E-state index in [1.54, 1.807) is 42.5 Å². The minimum absolute atomic E-state index is 0.137. The molecule has 0 heterocycles. The fraction of sp³-hybridized carbons (Fsp3) is 0.105. The van der Waals surface area contributed by atoms with Gasteiger partial charge in [-0.05, 0) is 53.4 Å². The van der Waals surface area contributed by atoms with Crippen molar-refractivity contribution in [2.45, 2.75) is 11.3 Å². The van der Waals surface area contributed by atoms with Crippen molar-refractivity contribution in [1.29, 1.82) is 0 Å². The Morgan fingerprint density at radius 3 is 2.38 bits per heavy atom. The molecule has 0 aromatic heterocycles. The summed E-state index contributed by atoms with van der Waals surface area (Å²) in [6.45, 7) is 0. The lowest BCUT2D eigenvalue weighted by molar-refractivity contribution is -0.136. The largest absolute Gasteiger partial charge is 0.481 e. The van der Waals surface area contributed by atoms with Crippen LogP contribution >= 0.6 is 11.6 Å². The van der Waals surface area contributed by atoms with Crippen LogP contribution in [0, 0.1) is 0 Å². The van der Waals surface area contributed by atoms with E-state index in [0.29, 0.717) is 22.1 Å². The highest BCUT2D eigenvalue weighted by atomic mass is 35.5. The predicted molar refractivity (Wildman–Crippen MR) is 99.9 cm³/mol. The van der Waals surface area contributed by atoms with Crippen LogP contribution in [-0.2, 0) is 21.1 Å². The van der Waals surface area contributed by atoms with Gasteiger partial charge in [0.1, 0.15) is 11.5 Å². The molecule has 0 aliphatic heterocycles. The minimum atomic E-state index is -3.29. The van der Waals surface area contributed by atoms with Gasteiger partial charge >= 0.3 is 5.97 Å². The molecule has 1 N–H and O–H groups in total. The fourth-order valence-corrected chi connectivity index (χ4v) is 3.40. The van der Waals surface area contributed by atoms with Crippen molar-refractivity contribution in [1.82, 2.24) is 0 Å². The summed E-state index contributed by atoms with van der Waals surface area (Å²) in [7, 11) is -3.29. The van der Waals surface area contributed by atoms with Gasteiger partial charge in [0, 0.05) is 16.7 Å². The van der Waals surface area contributed by atoms with Crippen LogP contribution in [0.25, 0.3) is 10.8 Å². The van der Waals surface area contributed by atoms with E-state index < -0.39 is 15.8 Å². The van der Waals surface area contributed by atoms with Crippen molar-refractivity contribution >= 4 is 38.2 Å². The SMILES string of the molecule is CS(=O)(=O)c1ccc(Oc2cc(CC(=O)O)cc3ccc(Cl)cc23)cc1. The third-order valence-electron chi connectivity index (χ3n) is 3.77. The van der Waals surface area contributed by atoms with E-state index >= 15 is 0 Å². The standard InChI is InChI=1S/C19H15ClO5S/c1-26(23,24)16-6-4-15(5-7-16)25-18-9-12(10-19(21)22)8-13-2-3-14(20)11-17(13)18/h2-9,11H,10H2,1H3,(H,21,22). The first-order valence-electron chi connectivity index (χ1n) is 7.64. The van der Waals surface area contributed by atoms with Gasteiger partial charge in [-0.1, -0.05) is 23.7 Å². The van der Waals surface area contributed by atoms with Crippen LogP contribution in [0.1, 0.15) is 5.56 Å². The average molecular weight is 391 g/mol. The van der Waals surface area contributed by atoms with Crippen LogP contribution in [0.4, 0.5) is 0 Å². The lowest BCUT2D eigenvalue weighted by atomic mass is 10.0. The molecule has 0 fully saturated rings. The zero-order chi connectivity index (χ0) is 18.9. The summed E-state index contributed by atoms with van der Waals surface area (Å²) >= 11 is 6.07. The maximum atomic E-state index is 11.6. The summed E-state index contributed by atoms with van der Waals surface area (Å²) in [6.07, 6.45) is 0.996. The number of carboxylic acid groups (broad SMARTS) is 1. The Morgan fingerprint density at radius 2 is 1.77 bits per heavy atom. The molecule has 0 spiro atoms. The molecule has 0 bridgehead atoms. The second kappa shape index (κ2) is 6.97. The van der Waals surface area contributed by atoms with E-state index in [-0.39, 0.29) is 11.3 Å². The molecule has 0 saturated heterocycles. The van der Waals surface area contributed by atoms with E-state index in [1.807, 2.05) is 0 Å². The van der Waals surface area contributed by atoms with Gasteiger partial charge in [-0.25, -0.2) is 8.42 Å². The Kier molecular flexibility index (Phi) is 4.89. The van der Waals surface area contributed by atoms with Crippen molar-refractivity contribution in [2.75, 3.05) is 6.26 Å². The Hall–Kier alpha value is -2.57. The maximum Gasteiger partial charge on any atom is 0.307 e. The molecule has 7 heteroatoms. The number of ether oxygens (including phenoxy) is 1. The van der Waals surface area contributed by atoms with Crippen LogP contribution in [0.15, 0.2) is 59.5 Å². The highest BCUT2D eigenvalue weighted by molar-refractivity contribution is 7.90. The lowest BCUT2D eigenvalue weighted by Crippen LogP contribution is -2.00. The molecule has 0 saturated carbocycles. The second-order valence-corrected chi connectivity index (χ2v) is 8.33. The van der Waals surface area contributed by atoms with Crippen molar-refractivity contribution in [3.05, 3.63) is 65.2 Å². The minimum Gasteiger partial charge on any atom is -0.481 e. The number of hydrogen-bond acceptors (Lipinski definition) is 4. The monoisotopic (exact) mass is 390 g/mol. The highest BCUT2D eigenvalue weighted by Gasteiger charge is 2.11. The smallest absolute Gasteiger partial charge is 0.307 e. The van der Waals surface area contributed by atoms with Gasteiger partial charge in [-0.2, -0.15) is 0 Å². The topological polar surface area (TPSA) is 80.7 Å². The fourth-order valence-electron chi connectivity index (χ4n) is 2.60. The first kappa shape index (κ1) is 18.2. The number of fused-ring (bicyclic) bond motifs is 1. The molecule has 3 aromatic rings. The molecule has 134 valence electrons. The molecule has 0 unspecified atom stereocenters. The third-order valence-corrected chi connectivity index (χ3v) is 5.14. The van der Waals surface area contributed by atoms with Crippen molar-refractivity contribution < 1.29 is 23.1 Å². The Morgan fingerprint density at radius 1 is 1.08 bits per heavy atom. The summed E-state index contributed by atoms with van der Waals surface area (Å²) in [6, 6.07) is 14.7. The summed E-state index contributed by atoms with van der Waals surface area (Å²) in [4.78, 5) is 11.2. The number of carboxylic acids is 1. The zero-order valence-corrected chi connectivity index (χ0v) is 15.3. The van der Waals surface area contributed by atoms with Crippen molar-refractivity contribution in [3.63, 3.8) is 0 Å². The van der Waals surface area contributed by atoms with Gasteiger partial charge in [-0.15, -0.1) is 0 Å². The van der Waals surface area contributed by atoms with E-state index in [2.05, 4.69) is 0 Å². The molecule has 3 rings (SSSR count). The van der Waals surface area contributed by atoms with Crippen LogP contribution in [0.5, 0.6) is 11.5 Å². The molecule has 0 atom stereocenters. The van der Waals surface area contributed by atoms with Crippen LogP contribution < -0.4 is 4.74 Å². The van der Waals surface area contributed by atoms with Crippen LogP contribution in [0.3, 0.4) is 0 Å². The van der Waals surface area contributed by atoms with Gasteiger partial charge < -0.3 is 9.84 Å². The van der Waals surface area contributed by atoms with E-state index in [1.165, 1.54) is 12.1 Å². The Bertz CT molecular complexity index is 1090. The molecule has 0 aliphatic carbocycles. The first-order chi connectivity index (χ1) is 12.2. The number of aliphatic carboxylic acids is 1. The molecule has 0 radical (unpaired) electrons. The first-order valence-corrected chi connectivity index (χ1v) is 9.91. The third kappa shape index (κ3) is 4.15. The summed E-state index contributed by atoms with van der Waals surface area (Å²) < 4.78 is 29.0. The second-order valence-electron chi connectivity index (χ2n) is 5.88. The summed E-state index contributed by atoms with van der Waals surface area (Å²) in [5.41, 5.74) is 0.593. The molecule has 26 heavy (non-hydrogen) atoms. The van der Waals surface area contributed by atoms with Gasteiger partial charge in [0.2, 0.25) is 0 Å². The van der Waals surface area contributed by atoms with Gasteiger partial charge in [0.05, 0.1) is 11.3 Å². The molecule has 3 aromatic carbocycles. The number of hydrogen-bond donors (Lipinski definition) is 1. The molecule has 5 nitrogen and oxygen atoms in total. The van der Waals surface area contributed by atoms with E-state index in [0.717, 1.165) is 17.0 Å². The van der Waals surface area contributed by atoms with Crippen LogP contribution in [-0.4, -0.2) is 25.7 Å². The molecule has 0 amide bonds. The number of sulfone groups is 1. The van der Waals surface area contributed by atoms with Gasteiger partial charge in [-0.3, -0.25) is 4.79 Å². The number of rotatable bonds is 5. The van der Waals surface area contributed by atoms with Gasteiger partial charge in [0.25, 0.3) is 0 Å². The normalized spacial score (nSPS) is 11.5. The predicted octanol–water partition coefficient (Wildman–Crippen LogP) is 4.32. The van der Waals surface area contributed by atoms with E-state index in [9.17, 15) is 13.2 Å². The quantitative estimate of drug-likeness (QED) is 0.701. The van der Waals surface area contributed by atoms with E-state index in [4.69, 9.17) is 21.4 Å². The highest BCUT2D eigenvalue weighted by Crippen LogP contribution is 2.34. The molecular weight excluding hydrogens is 376 g/mol.